The minimum absolute atomic E-state index is 0.759. The van der Waals surface area contributed by atoms with Crippen molar-refractivity contribution in [3.63, 3.8) is 0 Å². The van der Waals surface area contributed by atoms with Gasteiger partial charge in [-0.2, -0.15) is 0 Å². The standard InChI is InChI=1S/C11H9BrClNS/c12-6-5-11-14-10(7-15-11)8-1-3-9(13)4-2-8/h1-4,7H,5-6H2. The number of nitrogens with zero attached hydrogens (tertiary/aromatic N) is 1. The Hall–Kier alpha value is -0.380. The molecule has 0 saturated carbocycles. The van der Waals surface area contributed by atoms with Gasteiger partial charge in [-0.3, -0.25) is 0 Å². The number of aryl methyl sites for hydroxylation is 1. The van der Waals surface area contributed by atoms with Crippen LogP contribution >= 0.6 is 38.9 Å². The Bertz CT molecular complexity index is 438. The van der Waals surface area contributed by atoms with Crippen molar-refractivity contribution < 1.29 is 0 Å². The zero-order valence-electron chi connectivity index (χ0n) is 7.91. The molecule has 78 valence electrons. The second-order valence-electron chi connectivity index (χ2n) is 3.07. The molecule has 0 N–H and O–H groups in total. The monoisotopic (exact) mass is 301 g/mol. The van der Waals surface area contributed by atoms with Crippen LogP contribution in [-0.2, 0) is 6.42 Å². The first kappa shape index (κ1) is 11.1. The van der Waals surface area contributed by atoms with E-state index in [9.17, 15) is 0 Å². The van der Waals surface area contributed by atoms with E-state index < -0.39 is 0 Å². The van der Waals surface area contributed by atoms with E-state index in [0.717, 1.165) is 33.0 Å². The van der Waals surface area contributed by atoms with Crippen LogP contribution in [0.25, 0.3) is 11.3 Å². The van der Waals surface area contributed by atoms with Gasteiger partial charge in [0.2, 0.25) is 0 Å². The summed E-state index contributed by atoms with van der Waals surface area (Å²) >= 11 is 10.9. The molecule has 0 saturated heterocycles. The second kappa shape index (κ2) is 5.10. The second-order valence-corrected chi connectivity index (χ2v) is 5.24. The number of alkyl halides is 1. The van der Waals surface area contributed by atoms with Crippen LogP contribution in [-0.4, -0.2) is 10.3 Å². The molecule has 0 radical (unpaired) electrons. The quantitative estimate of drug-likeness (QED) is 0.766. The van der Waals surface area contributed by atoms with Gasteiger partial charge in [-0.1, -0.05) is 39.7 Å². The summed E-state index contributed by atoms with van der Waals surface area (Å²) in [6, 6.07) is 7.77. The Labute approximate surface area is 106 Å². The van der Waals surface area contributed by atoms with Crippen LogP contribution in [0.3, 0.4) is 0 Å². The van der Waals surface area contributed by atoms with Crippen molar-refractivity contribution in [2.75, 3.05) is 5.33 Å². The summed E-state index contributed by atoms with van der Waals surface area (Å²) in [5, 5.41) is 4.97. The first-order valence-electron chi connectivity index (χ1n) is 4.56. The van der Waals surface area contributed by atoms with Gasteiger partial charge in [-0.15, -0.1) is 11.3 Å². The summed E-state index contributed by atoms with van der Waals surface area (Å²) in [4.78, 5) is 4.55. The average molecular weight is 303 g/mol. The van der Waals surface area contributed by atoms with E-state index in [1.54, 1.807) is 11.3 Å². The molecule has 0 fully saturated rings. The Balaban J connectivity index is 2.25. The molecule has 0 atom stereocenters. The molecular weight excluding hydrogens is 294 g/mol. The fraction of sp³-hybridized carbons (Fsp3) is 0.182. The number of halogens is 2. The first-order chi connectivity index (χ1) is 7.29. The fourth-order valence-electron chi connectivity index (χ4n) is 1.26. The van der Waals surface area contributed by atoms with E-state index in [-0.39, 0.29) is 0 Å². The average Bonchev–Trinajstić information content (AvgIpc) is 2.68. The third-order valence-electron chi connectivity index (χ3n) is 2.00. The first-order valence-corrected chi connectivity index (χ1v) is 6.94. The largest absolute Gasteiger partial charge is 0.241 e. The Kier molecular flexibility index (Phi) is 3.78. The molecule has 0 unspecified atom stereocenters. The van der Waals surface area contributed by atoms with Crippen LogP contribution in [0.15, 0.2) is 29.6 Å². The highest BCUT2D eigenvalue weighted by atomic mass is 79.9. The third kappa shape index (κ3) is 2.80. The zero-order chi connectivity index (χ0) is 10.7. The Morgan fingerprint density at radius 1 is 1.27 bits per heavy atom. The van der Waals surface area contributed by atoms with Crippen molar-refractivity contribution >= 4 is 38.9 Å². The predicted octanol–water partition coefficient (Wildman–Crippen LogP) is 4.40. The molecule has 1 aromatic heterocycles. The SMILES string of the molecule is Clc1ccc(-c2csc(CCBr)n2)cc1. The maximum Gasteiger partial charge on any atom is 0.0940 e. The van der Waals surface area contributed by atoms with Crippen LogP contribution in [0, 0.1) is 0 Å². The lowest BCUT2D eigenvalue weighted by Crippen LogP contribution is -1.84. The number of hydrogen-bond acceptors (Lipinski definition) is 2. The van der Waals surface area contributed by atoms with E-state index in [1.807, 2.05) is 24.3 Å². The lowest BCUT2D eigenvalue weighted by molar-refractivity contribution is 1.12. The molecule has 0 aliphatic rings. The van der Waals surface area contributed by atoms with Gasteiger partial charge in [-0.25, -0.2) is 4.98 Å². The molecular formula is C11H9BrClNS. The minimum Gasteiger partial charge on any atom is -0.241 e. The Morgan fingerprint density at radius 2 is 2.00 bits per heavy atom. The molecule has 0 aliphatic heterocycles. The molecule has 0 amide bonds. The van der Waals surface area contributed by atoms with Crippen LogP contribution in [0.2, 0.25) is 5.02 Å². The third-order valence-corrected chi connectivity index (χ3v) is 3.56. The van der Waals surface area contributed by atoms with Gasteiger partial charge in [0, 0.05) is 27.7 Å². The van der Waals surface area contributed by atoms with Crippen LogP contribution in [0.4, 0.5) is 0 Å². The number of rotatable bonds is 3. The summed E-state index contributed by atoms with van der Waals surface area (Å²) < 4.78 is 0. The van der Waals surface area contributed by atoms with Gasteiger partial charge < -0.3 is 0 Å². The van der Waals surface area contributed by atoms with Gasteiger partial charge in [0.05, 0.1) is 10.7 Å². The summed E-state index contributed by atoms with van der Waals surface area (Å²) in [5.74, 6) is 0. The number of hydrogen-bond donors (Lipinski definition) is 0. The molecule has 2 rings (SSSR count). The van der Waals surface area contributed by atoms with Crippen molar-refractivity contribution in [1.29, 1.82) is 0 Å². The molecule has 0 spiro atoms. The molecule has 15 heavy (non-hydrogen) atoms. The highest BCUT2D eigenvalue weighted by Gasteiger charge is 2.03. The van der Waals surface area contributed by atoms with Crippen molar-refractivity contribution in [2.45, 2.75) is 6.42 Å². The topological polar surface area (TPSA) is 12.9 Å². The molecule has 2 aromatic rings. The van der Waals surface area contributed by atoms with E-state index in [1.165, 1.54) is 0 Å². The number of benzene rings is 1. The maximum absolute atomic E-state index is 5.83. The summed E-state index contributed by atoms with van der Waals surface area (Å²) in [7, 11) is 0. The highest BCUT2D eigenvalue weighted by Crippen LogP contribution is 2.23. The van der Waals surface area contributed by atoms with Gasteiger partial charge in [-0.05, 0) is 12.1 Å². The van der Waals surface area contributed by atoms with E-state index in [2.05, 4.69) is 26.3 Å². The predicted molar refractivity (Wildman–Crippen MR) is 70.1 cm³/mol. The lowest BCUT2D eigenvalue weighted by Gasteiger charge is -1.95. The van der Waals surface area contributed by atoms with Crippen LogP contribution in [0.1, 0.15) is 5.01 Å². The fourth-order valence-corrected chi connectivity index (χ4v) is 2.83. The molecule has 1 aromatic carbocycles. The summed E-state index contributed by atoms with van der Waals surface area (Å²) in [5.41, 5.74) is 2.16. The van der Waals surface area contributed by atoms with Crippen molar-refractivity contribution in [1.82, 2.24) is 4.98 Å². The lowest BCUT2D eigenvalue weighted by atomic mass is 10.2. The number of aromatic nitrogens is 1. The van der Waals surface area contributed by atoms with Crippen LogP contribution < -0.4 is 0 Å². The Morgan fingerprint density at radius 3 is 2.67 bits per heavy atom. The van der Waals surface area contributed by atoms with Gasteiger partial charge in [0.1, 0.15) is 0 Å². The molecule has 0 bridgehead atoms. The highest BCUT2D eigenvalue weighted by molar-refractivity contribution is 9.09. The zero-order valence-corrected chi connectivity index (χ0v) is 11.1. The normalized spacial score (nSPS) is 10.5. The summed E-state index contributed by atoms with van der Waals surface area (Å²) in [6.07, 6.45) is 0.984. The number of thiazole rings is 1. The van der Waals surface area contributed by atoms with Crippen molar-refractivity contribution in [2.24, 2.45) is 0 Å². The van der Waals surface area contributed by atoms with E-state index in [4.69, 9.17) is 11.6 Å². The van der Waals surface area contributed by atoms with Crippen LogP contribution in [0.5, 0.6) is 0 Å². The van der Waals surface area contributed by atoms with Gasteiger partial charge in [0.15, 0.2) is 0 Å². The van der Waals surface area contributed by atoms with Crippen molar-refractivity contribution in [3.8, 4) is 11.3 Å². The summed E-state index contributed by atoms with van der Waals surface area (Å²) in [6.45, 7) is 0. The van der Waals surface area contributed by atoms with Gasteiger partial charge in [0.25, 0.3) is 0 Å². The molecule has 1 nitrogen and oxygen atoms in total. The van der Waals surface area contributed by atoms with Crippen molar-refractivity contribution in [3.05, 3.63) is 39.7 Å². The smallest absolute Gasteiger partial charge is 0.0940 e. The van der Waals surface area contributed by atoms with E-state index >= 15 is 0 Å². The molecule has 4 heteroatoms. The molecule has 0 aliphatic carbocycles. The molecule has 1 heterocycles. The van der Waals surface area contributed by atoms with E-state index in [0.29, 0.717) is 0 Å². The minimum atomic E-state index is 0.759. The van der Waals surface area contributed by atoms with Gasteiger partial charge >= 0.3 is 0 Å². The maximum atomic E-state index is 5.83.